The van der Waals surface area contributed by atoms with Gasteiger partial charge in [0.25, 0.3) is 0 Å². The van der Waals surface area contributed by atoms with Gasteiger partial charge in [-0.15, -0.1) is 0 Å². The molecule has 0 aliphatic heterocycles. The van der Waals surface area contributed by atoms with Gasteiger partial charge in [0.15, 0.2) is 5.82 Å². The van der Waals surface area contributed by atoms with Crippen LogP contribution < -0.4 is 10.5 Å². The van der Waals surface area contributed by atoms with Gasteiger partial charge in [-0.25, -0.2) is 4.39 Å². The largest absolute Gasteiger partial charge is 0.493 e. The van der Waals surface area contributed by atoms with E-state index in [0.29, 0.717) is 30.2 Å². The molecule has 0 saturated heterocycles. The number of halogens is 1. The number of primary amides is 1. The van der Waals surface area contributed by atoms with Gasteiger partial charge in [-0.2, -0.15) is 4.98 Å². The molecule has 2 aromatic carbocycles. The molecule has 1 heterocycles. The zero-order chi connectivity index (χ0) is 18.5. The van der Waals surface area contributed by atoms with Crippen molar-refractivity contribution in [3.8, 4) is 5.75 Å². The minimum absolute atomic E-state index is 0.167. The molecule has 1 aromatic heterocycles. The van der Waals surface area contributed by atoms with E-state index in [1.165, 1.54) is 12.1 Å². The number of carbonyl (C=O) groups is 1. The summed E-state index contributed by atoms with van der Waals surface area (Å²) in [4.78, 5) is 15.9. The second-order valence-corrected chi connectivity index (χ2v) is 5.81. The minimum atomic E-state index is -0.801. The van der Waals surface area contributed by atoms with Crippen LogP contribution in [0.2, 0.25) is 0 Å². The number of nitrogens with zero attached hydrogens (tertiary/aromatic N) is 2. The van der Waals surface area contributed by atoms with Gasteiger partial charge in [-0.1, -0.05) is 29.4 Å². The summed E-state index contributed by atoms with van der Waals surface area (Å²) in [5.41, 5.74) is 7.11. The van der Waals surface area contributed by atoms with Crippen molar-refractivity contribution in [2.45, 2.75) is 19.3 Å². The fourth-order valence-corrected chi connectivity index (χ4v) is 2.55. The highest BCUT2D eigenvalue weighted by molar-refractivity contribution is 5.84. The highest BCUT2D eigenvalue weighted by Gasteiger charge is 2.26. The van der Waals surface area contributed by atoms with E-state index in [1.807, 2.05) is 0 Å². The number of carbonyl (C=O) groups excluding carboxylic acids is 1. The second kappa shape index (κ2) is 7.77. The molecule has 0 radical (unpaired) electrons. The zero-order valence-electron chi connectivity index (χ0n) is 14.2. The molecule has 7 heteroatoms. The Bertz CT molecular complexity index is 876. The van der Waals surface area contributed by atoms with Gasteiger partial charge in [0.1, 0.15) is 17.5 Å². The predicted octanol–water partition coefficient (Wildman–Crippen LogP) is 2.76. The van der Waals surface area contributed by atoms with Crippen LogP contribution in [-0.4, -0.2) is 22.7 Å². The Morgan fingerprint density at radius 1 is 1.19 bits per heavy atom. The summed E-state index contributed by atoms with van der Waals surface area (Å²) < 4.78 is 23.6. The molecule has 0 bridgehead atoms. The van der Waals surface area contributed by atoms with Gasteiger partial charge in [0, 0.05) is 6.42 Å². The number of aromatic nitrogens is 2. The molecule has 26 heavy (non-hydrogen) atoms. The Kier molecular flexibility index (Phi) is 5.26. The average molecular weight is 355 g/mol. The van der Waals surface area contributed by atoms with Crippen molar-refractivity contribution >= 4 is 5.91 Å². The number of hydrogen-bond donors (Lipinski definition) is 1. The van der Waals surface area contributed by atoms with E-state index in [0.717, 1.165) is 5.56 Å². The van der Waals surface area contributed by atoms with Gasteiger partial charge in [0.2, 0.25) is 11.8 Å². The van der Waals surface area contributed by atoms with Crippen LogP contribution in [0.25, 0.3) is 0 Å². The lowest BCUT2D eigenvalue weighted by Crippen LogP contribution is -2.22. The molecular formula is C19H18FN3O3. The Balaban J connectivity index is 1.63. The number of aryl methyl sites for hydroxylation is 1. The van der Waals surface area contributed by atoms with E-state index < -0.39 is 11.8 Å². The van der Waals surface area contributed by atoms with Crippen LogP contribution in [0.5, 0.6) is 5.75 Å². The SMILES string of the molecule is Cc1noc(C(C(N)=O)c2ccc(OCCc3ccc(F)cc3)cc2)n1. The standard InChI is InChI=1S/C19H18FN3O3/c1-12-22-19(26-23-12)17(18(21)24)14-4-8-16(9-5-14)25-11-10-13-2-6-15(20)7-3-13/h2-9,17H,10-11H2,1H3,(H2,21,24). The van der Waals surface area contributed by atoms with Crippen LogP contribution in [0, 0.1) is 12.7 Å². The Morgan fingerprint density at radius 2 is 1.88 bits per heavy atom. The quantitative estimate of drug-likeness (QED) is 0.704. The van der Waals surface area contributed by atoms with Gasteiger partial charge >= 0.3 is 0 Å². The van der Waals surface area contributed by atoms with E-state index in [1.54, 1.807) is 43.3 Å². The zero-order valence-corrected chi connectivity index (χ0v) is 14.2. The normalized spacial score (nSPS) is 11.9. The number of rotatable bonds is 7. The molecule has 0 spiro atoms. The average Bonchev–Trinajstić information content (AvgIpc) is 3.04. The second-order valence-electron chi connectivity index (χ2n) is 5.81. The number of nitrogens with two attached hydrogens (primary N) is 1. The summed E-state index contributed by atoms with van der Waals surface area (Å²) in [5.74, 6) is -0.374. The third kappa shape index (κ3) is 4.24. The maximum Gasteiger partial charge on any atom is 0.243 e. The molecule has 0 fully saturated rings. The monoisotopic (exact) mass is 355 g/mol. The fraction of sp³-hybridized carbons (Fsp3) is 0.211. The summed E-state index contributed by atoms with van der Waals surface area (Å²) >= 11 is 0. The van der Waals surface area contributed by atoms with Crippen molar-refractivity contribution in [3.63, 3.8) is 0 Å². The van der Waals surface area contributed by atoms with Crippen LogP contribution in [0.4, 0.5) is 4.39 Å². The predicted molar refractivity (Wildman–Crippen MR) is 92.1 cm³/mol. The van der Waals surface area contributed by atoms with Crippen LogP contribution >= 0.6 is 0 Å². The minimum Gasteiger partial charge on any atom is -0.493 e. The van der Waals surface area contributed by atoms with Crippen molar-refractivity contribution in [1.82, 2.24) is 10.1 Å². The molecule has 2 N–H and O–H groups in total. The molecule has 3 aromatic rings. The fourth-order valence-electron chi connectivity index (χ4n) is 2.55. The summed E-state index contributed by atoms with van der Waals surface area (Å²) in [6, 6.07) is 13.3. The summed E-state index contributed by atoms with van der Waals surface area (Å²) in [6.45, 7) is 2.12. The van der Waals surface area contributed by atoms with Crippen LogP contribution in [0.15, 0.2) is 53.1 Å². The highest BCUT2D eigenvalue weighted by atomic mass is 19.1. The molecule has 0 aliphatic carbocycles. The first kappa shape index (κ1) is 17.6. The first-order valence-corrected chi connectivity index (χ1v) is 8.09. The maximum absolute atomic E-state index is 12.9. The van der Waals surface area contributed by atoms with Gasteiger partial charge in [-0.05, 0) is 42.3 Å². The first-order chi connectivity index (χ1) is 12.5. The Labute approximate surface area is 149 Å². The van der Waals surface area contributed by atoms with Crippen LogP contribution in [-0.2, 0) is 11.2 Å². The molecular weight excluding hydrogens is 337 g/mol. The van der Waals surface area contributed by atoms with Crippen molar-refractivity contribution in [3.05, 3.63) is 77.2 Å². The Morgan fingerprint density at radius 3 is 2.46 bits per heavy atom. The van der Waals surface area contributed by atoms with Crippen LogP contribution in [0.1, 0.15) is 28.8 Å². The van der Waals surface area contributed by atoms with E-state index >= 15 is 0 Å². The first-order valence-electron chi connectivity index (χ1n) is 8.09. The molecule has 6 nitrogen and oxygen atoms in total. The van der Waals surface area contributed by atoms with E-state index in [4.69, 9.17) is 15.0 Å². The lowest BCUT2D eigenvalue weighted by atomic mass is 9.98. The summed E-state index contributed by atoms with van der Waals surface area (Å²) in [7, 11) is 0. The van der Waals surface area contributed by atoms with Crippen molar-refractivity contribution < 1.29 is 18.4 Å². The third-order valence-electron chi connectivity index (χ3n) is 3.86. The molecule has 3 rings (SSSR count). The van der Waals surface area contributed by atoms with E-state index in [9.17, 15) is 9.18 Å². The lowest BCUT2D eigenvalue weighted by molar-refractivity contribution is -0.119. The Hall–Kier alpha value is -3.22. The van der Waals surface area contributed by atoms with Crippen molar-refractivity contribution in [2.75, 3.05) is 6.61 Å². The topological polar surface area (TPSA) is 91.2 Å². The number of benzene rings is 2. The van der Waals surface area contributed by atoms with Gasteiger partial charge in [-0.3, -0.25) is 4.79 Å². The summed E-state index contributed by atoms with van der Waals surface area (Å²) in [5, 5.41) is 3.70. The summed E-state index contributed by atoms with van der Waals surface area (Å²) in [6.07, 6.45) is 0.660. The maximum atomic E-state index is 12.9. The van der Waals surface area contributed by atoms with E-state index in [-0.39, 0.29) is 11.7 Å². The molecule has 0 aliphatic rings. The van der Waals surface area contributed by atoms with Crippen molar-refractivity contribution in [2.24, 2.45) is 5.73 Å². The van der Waals surface area contributed by atoms with E-state index in [2.05, 4.69) is 10.1 Å². The molecule has 0 saturated carbocycles. The van der Waals surface area contributed by atoms with Crippen LogP contribution in [0.3, 0.4) is 0 Å². The third-order valence-corrected chi connectivity index (χ3v) is 3.86. The molecule has 1 atom stereocenters. The van der Waals surface area contributed by atoms with Crippen molar-refractivity contribution in [1.29, 1.82) is 0 Å². The molecule has 1 amide bonds. The molecule has 134 valence electrons. The number of amides is 1. The number of ether oxygens (including phenoxy) is 1. The van der Waals surface area contributed by atoms with Gasteiger partial charge in [0.05, 0.1) is 6.61 Å². The van der Waals surface area contributed by atoms with Gasteiger partial charge < -0.3 is 15.0 Å². The molecule has 1 unspecified atom stereocenters. The highest BCUT2D eigenvalue weighted by Crippen LogP contribution is 2.25. The lowest BCUT2D eigenvalue weighted by Gasteiger charge is -2.11. The smallest absolute Gasteiger partial charge is 0.243 e. The number of hydrogen-bond acceptors (Lipinski definition) is 5.